The molecule has 1 unspecified atom stereocenters. The van der Waals surface area contributed by atoms with E-state index in [1.54, 1.807) is 0 Å². The van der Waals surface area contributed by atoms with Crippen molar-refractivity contribution in [2.75, 3.05) is 13.2 Å². The molecule has 2 aromatic rings. The zero-order valence-corrected chi connectivity index (χ0v) is 13.7. The molecule has 25 heavy (non-hydrogen) atoms. The van der Waals surface area contributed by atoms with Crippen LogP contribution >= 0.6 is 0 Å². The van der Waals surface area contributed by atoms with Crippen molar-refractivity contribution in [1.82, 2.24) is 0 Å². The smallest absolute Gasteiger partial charge is 0.208 e. The number of rotatable bonds is 1. The normalized spacial score (nSPS) is 25.0. The van der Waals surface area contributed by atoms with Gasteiger partial charge >= 0.3 is 0 Å². The predicted octanol–water partition coefficient (Wildman–Crippen LogP) is 3.77. The number of fused-ring (bicyclic) bond motifs is 2. The molecule has 1 heterocycles. The van der Waals surface area contributed by atoms with Crippen molar-refractivity contribution in [3.05, 3.63) is 95.6 Å². The third-order valence-electron chi connectivity index (χ3n) is 5.45. The Morgan fingerprint density at radius 2 is 1.44 bits per heavy atom. The third-order valence-corrected chi connectivity index (χ3v) is 5.45. The lowest BCUT2D eigenvalue weighted by Gasteiger charge is -2.35. The lowest BCUT2D eigenvalue weighted by atomic mass is 9.69. The fraction of sp³-hybridized carbons (Fsp3) is 0.227. The van der Waals surface area contributed by atoms with E-state index in [2.05, 4.69) is 18.2 Å². The van der Waals surface area contributed by atoms with Crippen LogP contribution in [0.25, 0.3) is 0 Å². The first kappa shape index (κ1) is 14.8. The molecule has 2 aliphatic carbocycles. The molecule has 0 radical (unpaired) electrons. The monoisotopic (exact) mass is 330 g/mol. The second-order valence-corrected chi connectivity index (χ2v) is 6.77. The number of hydrogen-bond acceptors (Lipinski definition) is 3. The van der Waals surface area contributed by atoms with Crippen molar-refractivity contribution in [3.63, 3.8) is 0 Å². The van der Waals surface area contributed by atoms with Gasteiger partial charge in [0.25, 0.3) is 0 Å². The largest absolute Gasteiger partial charge is 0.341 e. The van der Waals surface area contributed by atoms with E-state index in [0.29, 0.717) is 13.2 Å². The summed E-state index contributed by atoms with van der Waals surface area (Å²) < 4.78 is 11.5. The summed E-state index contributed by atoms with van der Waals surface area (Å²) in [5, 5.41) is 0. The van der Waals surface area contributed by atoms with Gasteiger partial charge in [-0.3, -0.25) is 4.79 Å². The van der Waals surface area contributed by atoms with Crippen molar-refractivity contribution in [3.8, 4) is 0 Å². The van der Waals surface area contributed by atoms with Gasteiger partial charge in [0.15, 0.2) is 5.78 Å². The van der Waals surface area contributed by atoms with Gasteiger partial charge in [0, 0.05) is 11.0 Å². The quantitative estimate of drug-likeness (QED) is 0.747. The van der Waals surface area contributed by atoms with Crippen LogP contribution in [0.5, 0.6) is 0 Å². The first-order valence-corrected chi connectivity index (χ1v) is 8.62. The van der Waals surface area contributed by atoms with Crippen molar-refractivity contribution in [2.45, 2.75) is 17.1 Å². The topological polar surface area (TPSA) is 35.5 Å². The number of carbonyl (C=O) groups excluding carboxylic acids is 1. The van der Waals surface area contributed by atoms with Crippen molar-refractivity contribution >= 4 is 5.78 Å². The third kappa shape index (κ3) is 2.03. The molecule has 3 nitrogen and oxygen atoms in total. The highest BCUT2D eigenvalue weighted by Gasteiger charge is 2.52. The minimum Gasteiger partial charge on any atom is -0.341 e. The SMILES string of the molecule is O=C1c2ccccc2C2(C=CC3(C=C2)OCCO3)C1c1ccccc1. The molecular formula is C22H18O3. The van der Waals surface area contributed by atoms with Crippen LogP contribution in [0.1, 0.15) is 27.4 Å². The lowest BCUT2D eigenvalue weighted by molar-refractivity contribution is -0.0763. The second kappa shape index (κ2) is 5.25. The molecule has 124 valence electrons. The van der Waals surface area contributed by atoms with Crippen molar-refractivity contribution in [2.24, 2.45) is 0 Å². The van der Waals surface area contributed by atoms with E-state index in [4.69, 9.17) is 9.47 Å². The molecule has 0 N–H and O–H groups in total. The lowest BCUT2D eigenvalue weighted by Crippen LogP contribution is -2.35. The summed E-state index contributed by atoms with van der Waals surface area (Å²) in [6, 6.07) is 17.9. The summed E-state index contributed by atoms with van der Waals surface area (Å²) in [6.45, 7) is 1.17. The molecule has 1 fully saturated rings. The van der Waals surface area contributed by atoms with Crippen LogP contribution < -0.4 is 0 Å². The molecule has 3 heteroatoms. The summed E-state index contributed by atoms with van der Waals surface area (Å²) in [5.74, 6) is -0.870. The first-order valence-electron chi connectivity index (χ1n) is 8.62. The summed E-state index contributed by atoms with van der Waals surface area (Å²) >= 11 is 0. The molecule has 5 rings (SSSR count). The van der Waals surface area contributed by atoms with E-state index in [1.165, 1.54) is 0 Å². The summed E-state index contributed by atoms with van der Waals surface area (Å²) in [7, 11) is 0. The number of allylic oxidation sites excluding steroid dienone is 2. The van der Waals surface area contributed by atoms with E-state index < -0.39 is 11.2 Å². The number of ketones is 1. The molecule has 2 spiro atoms. The molecule has 0 bridgehead atoms. The molecule has 2 aromatic carbocycles. The van der Waals surface area contributed by atoms with E-state index in [-0.39, 0.29) is 11.7 Å². The number of Topliss-reactive ketones (excluding diaryl/α,β-unsaturated/α-hetero) is 1. The number of hydrogen-bond donors (Lipinski definition) is 0. The number of ether oxygens (including phenoxy) is 2. The molecular weight excluding hydrogens is 312 g/mol. The highest BCUT2D eigenvalue weighted by atomic mass is 16.7. The highest BCUT2D eigenvalue weighted by Crippen LogP contribution is 2.52. The van der Waals surface area contributed by atoms with Crippen LogP contribution in [0, 0.1) is 0 Å². The van der Waals surface area contributed by atoms with Gasteiger partial charge in [-0.25, -0.2) is 0 Å². The van der Waals surface area contributed by atoms with Gasteiger partial charge in [-0.2, -0.15) is 0 Å². The van der Waals surface area contributed by atoms with Crippen LogP contribution in [-0.4, -0.2) is 24.8 Å². The Kier molecular flexibility index (Phi) is 3.11. The Morgan fingerprint density at radius 3 is 2.16 bits per heavy atom. The van der Waals surface area contributed by atoms with Gasteiger partial charge in [-0.1, -0.05) is 66.7 Å². The minimum atomic E-state index is -0.771. The second-order valence-electron chi connectivity index (χ2n) is 6.77. The van der Waals surface area contributed by atoms with E-state index in [0.717, 1.165) is 16.7 Å². The summed E-state index contributed by atoms with van der Waals surface area (Å²) in [5.41, 5.74) is 2.39. The predicted molar refractivity (Wildman–Crippen MR) is 94.5 cm³/mol. The molecule has 0 aromatic heterocycles. The molecule has 1 aliphatic heterocycles. The maximum Gasteiger partial charge on any atom is 0.208 e. The average Bonchev–Trinajstić information content (AvgIpc) is 3.21. The maximum absolute atomic E-state index is 13.3. The molecule has 1 atom stereocenters. The van der Waals surface area contributed by atoms with E-state index >= 15 is 0 Å². The van der Waals surface area contributed by atoms with Crippen molar-refractivity contribution in [1.29, 1.82) is 0 Å². The first-order chi connectivity index (χ1) is 12.2. The average molecular weight is 330 g/mol. The minimum absolute atomic E-state index is 0.167. The highest BCUT2D eigenvalue weighted by molar-refractivity contribution is 6.08. The van der Waals surface area contributed by atoms with Gasteiger partial charge in [-0.15, -0.1) is 0 Å². The number of carbonyl (C=O) groups is 1. The molecule has 0 amide bonds. The Morgan fingerprint density at radius 1 is 0.800 bits per heavy atom. The Bertz CT molecular complexity index is 872. The van der Waals surface area contributed by atoms with Gasteiger partial charge in [-0.05, 0) is 23.3 Å². The Labute approximate surface area is 146 Å². The molecule has 0 saturated carbocycles. The van der Waals surface area contributed by atoms with Crippen LogP contribution in [0.2, 0.25) is 0 Å². The standard InChI is InChI=1S/C22H18O3/c23-20-17-8-4-5-9-18(17)21(19(20)16-6-2-1-3-7-16)10-12-22(13-11-21)24-14-15-25-22/h1-13,19H,14-15H2. The number of benzene rings is 2. The van der Waals surface area contributed by atoms with E-state index in [1.807, 2.05) is 60.7 Å². The summed E-state index contributed by atoms with van der Waals surface area (Å²) in [4.78, 5) is 13.3. The van der Waals surface area contributed by atoms with E-state index in [9.17, 15) is 4.79 Å². The van der Waals surface area contributed by atoms with Gasteiger partial charge < -0.3 is 9.47 Å². The van der Waals surface area contributed by atoms with Gasteiger partial charge in [0.05, 0.1) is 19.1 Å². The summed E-state index contributed by atoms with van der Waals surface area (Å²) in [6.07, 6.45) is 8.12. The zero-order valence-electron chi connectivity index (χ0n) is 13.7. The molecule has 1 saturated heterocycles. The van der Waals surface area contributed by atoms with Crippen LogP contribution in [-0.2, 0) is 14.9 Å². The van der Waals surface area contributed by atoms with Gasteiger partial charge in [0.1, 0.15) is 0 Å². The van der Waals surface area contributed by atoms with Crippen LogP contribution in [0.3, 0.4) is 0 Å². The van der Waals surface area contributed by atoms with Gasteiger partial charge in [0.2, 0.25) is 5.79 Å². The van der Waals surface area contributed by atoms with Crippen LogP contribution in [0.15, 0.2) is 78.9 Å². The Balaban J connectivity index is 1.70. The fourth-order valence-corrected chi connectivity index (χ4v) is 4.30. The zero-order chi connectivity index (χ0) is 16.9. The van der Waals surface area contributed by atoms with Crippen LogP contribution in [0.4, 0.5) is 0 Å². The molecule has 3 aliphatic rings. The Hall–Kier alpha value is -2.49. The van der Waals surface area contributed by atoms with Crippen molar-refractivity contribution < 1.29 is 14.3 Å². The fourth-order valence-electron chi connectivity index (χ4n) is 4.30. The maximum atomic E-state index is 13.3.